The van der Waals surface area contributed by atoms with Gasteiger partial charge in [-0.2, -0.15) is 0 Å². The molecule has 0 unspecified atom stereocenters. The average Bonchev–Trinajstić information content (AvgIpc) is 3.69. The molecule has 2 saturated carbocycles. The van der Waals surface area contributed by atoms with Crippen LogP contribution in [0.1, 0.15) is 60.1 Å². The van der Waals surface area contributed by atoms with E-state index in [4.69, 9.17) is 25.7 Å². The number of nitrogens with zero attached hydrogens (tertiary/aromatic N) is 10. The maximum absolute atomic E-state index is 15.6. The third-order valence-corrected chi connectivity index (χ3v) is 14.2. The van der Waals surface area contributed by atoms with Crippen molar-refractivity contribution in [3.05, 3.63) is 95.1 Å². The summed E-state index contributed by atoms with van der Waals surface area (Å²) in [4.78, 5) is 49.4. The van der Waals surface area contributed by atoms with Crippen molar-refractivity contribution in [3.63, 3.8) is 0 Å². The molecule has 2 aliphatic carbocycles. The molecule has 2 spiro atoms. The molecule has 4 aliphatic rings. The second-order valence-corrected chi connectivity index (χ2v) is 18.4. The number of halogens is 2. The fraction of sp³-hybridized carbons (Fsp3) is 0.391. The van der Waals surface area contributed by atoms with Crippen molar-refractivity contribution in [1.82, 2.24) is 55.2 Å². The smallest absolute Gasteiger partial charge is 0.144 e. The van der Waals surface area contributed by atoms with Gasteiger partial charge in [-0.25, -0.2) is 48.7 Å². The van der Waals surface area contributed by atoms with Gasteiger partial charge in [0.25, 0.3) is 0 Å². The van der Waals surface area contributed by atoms with Crippen LogP contribution in [0.5, 0.6) is 0 Å². The summed E-state index contributed by atoms with van der Waals surface area (Å²) in [5.41, 5.74) is 12.6. The van der Waals surface area contributed by atoms with Crippen molar-refractivity contribution in [2.45, 2.75) is 64.5 Å². The number of H-pyrrole nitrogens is 2. The highest BCUT2D eigenvalue weighted by molar-refractivity contribution is 6.15. The predicted molar refractivity (Wildman–Crippen MR) is 243 cm³/mol. The number of aromatic nitrogens is 10. The standard InChI is InChI=1S/C46H48F2N16/c1-23-51-16-25(17-52-23)8-35-57-41-37(29-10-27(47)12-31(50-3)39(29)61-41)44(60-35)64-7-5-46(21-64)15-34(46)56-22-55-32-13-28(48)11-30-38-42(62-40(30)32)58-36(9-26-18-53-24(2)54-19-26)59-43(38)63-6-4-45(20-63)14-33(45)49/h10-13,16-19,33-34,50,55-56H,4-9,14-15,20-22,49H2,1-3H3,(H,57,60,61)(H,58,59,62)/t33-,34+,45+,46+/m0/s1. The molecular formula is C46H48F2N16. The van der Waals surface area contributed by atoms with Gasteiger partial charge in [0.05, 0.1) is 39.8 Å². The molecule has 16 nitrogen and oxygen atoms in total. The van der Waals surface area contributed by atoms with Crippen molar-refractivity contribution < 1.29 is 8.78 Å². The Morgan fingerprint density at radius 3 is 1.72 bits per heavy atom. The first-order chi connectivity index (χ1) is 31.0. The summed E-state index contributed by atoms with van der Waals surface area (Å²) in [7, 11) is 1.78. The number of nitrogens with one attached hydrogen (secondary N) is 5. The molecule has 2 saturated heterocycles. The molecule has 2 aliphatic heterocycles. The molecule has 8 aromatic rings. The van der Waals surface area contributed by atoms with Crippen molar-refractivity contribution >= 4 is 66.9 Å². The van der Waals surface area contributed by atoms with Crippen LogP contribution in [-0.4, -0.2) is 102 Å². The summed E-state index contributed by atoms with van der Waals surface area (Å²) in [6.07, 6.45) is 12.1. The van der Waals surface area contributed by atoms with Crippen LogP contribution in [0, 0.1) is 36.3 Å². The minimum Gasteiger partial charge on any atom is -0.386 e. The van der Waals surface area contributed by atoms with Crippen molar-refractivity contribution in [1.29, 1.82) is 0 Å². The van der Waals surface area contributed by atoms with E-state index in [1.165, 1.54) is 12.1 Å². The van der Waals surface area contributed by atoms with E-state index in [1.807, 2.05) is 26.2 Å². The van der Waals surface area contributed by atoms with Crippen molar-refractivity contribution in [2.24, 2.45) is 16.6 Å². The summed E-state index contributed by atoms with van der Waals surface area (Å²) >= 11 is 0. The van der Waals surface area contributed by atoms with Crippen LogP contribution in [0.25, 0.3) is 43.9 Å². The van der Waals surface area contributed by atoms with E-state index in [9.17, 15) is 0 Å². The molecule has 0 bridgehead atoms. The van der Waals surface area contributed by atoms with E-state index in [1.54, 1.807) is 31.6 Å². The Hall–Kier alpha value is -6.66. The van der Waals surface area contributed by atoms with Crippen molar-refractivity contribution in [2.75, 3.05) is 60.3 Å². The van der Waals surface area contributed by atoms with E-state index in [0.717, 1.165) is 107 Å². The number of aryl methyl sites for hydroxylation is 2. The average molecular weight is 863 g/mol. The molecule has 4 fully saturated rings. The molecule has 12 rings (SSSR count). The lowest BCUT2D eigenvalue weighted by Gasteiger charge is -2.20. The van der Waals surface area contributed by atoms with Gasteiger partial charge in [0, 0.05) is 105 Å². The summed E-state index contributed by atoms with van der Waals surface area (Å²) in [6, 6.07) is 6.59. The Labute approximate surface area is 366 Å². The molecule has 7 N–H and O–H groups in total. The van der Waals surface area contributed by atoms with Crippen LogP contribution < -0.4 is 31.5 Å². The molecule has 8 heterocycles. The zero-order valence-electron chi connectivity index (χ0n) is 35.9. The first kappa shape index (κ1) is 39.0. The zero-order valence-corrected chi connectivity index (χ0v) is 35.9. The quantitative estimate of drug-likeness (QED) is 0.0853. The highest BCUT2D eigenvalue weighted by Crippen LogP contribution is 2.55. The van der Waals surface area contributed by atoms with Gasteiger partial charge in [-0.05, 0) is 74.9 Å². The zero-order chi connectivity index (χ0) is 43.5. The number of nitrogens with two attached hydrogens (primary N) is 1. The molecule has 4 atom stereocenters. The molecule has 2 aromatic carbocycles. The largest absolute Gasteiger partial charge is 0.386 e. The van der Waals surface area contributed by atoms with Gasteiger partial charge in [-0.15, -0.1) is 0 Å². The highest BCUT2D eigenvalue weighted by Gasteiger charge is 2.58. The number of hydrogen-bond acceptors (Lipinski definition) is 14. The van der Waals surface area contributed by atoms with E-state index >= 15 is 8.78 Å². The van der Waals surface area contributed by atoms with Crippen LogP contribution in [0.15, 0.2) is 49.1 Å². The third-order valence-electron chi connectivity index (χ3n) is 14.2. The van der Waals surface area contributed by atoms with Gasteiger partial charge >= 0.3 is 0 Å². The number of aromatic amines is 2. The molecule has 326 valence electrons. The monoisotopic (exact) mass is 862 g/mol. The highest BCUT2D eigenvalue weighted by atomic mass is 19.1. The topological polar surface area (TPSA) is 203 Å². The summed E-state index contributed by atoms with van der Waals surface area (Å²) in [5, 5.41) is 13.5. The molecule has 6 aromatic heterocycles. The summed E-state index contributed by atoms with van der Waals surface area (Å²) in [5.74, 6) is 3.59. The van der Waals surface area contributed by atoms with Crippen LogP contribution >= 0.6 is 0 Å². The number of benzene rings is 2. The van der Waals surface area contributed by atoms with Crippen molar-refractivity contribution in [3.8, 4) is 0 Å². The van der Waals surface area contributed by atoms with Gasteiger partial charge < -0.3 is 36.1 Å². The lowest BCUT2D eigenvalue weighted by molar-refractivity contribution is 0.510. The van der Waals surface area contributed by atoms with E-state index < -0.39 is 0 Å². The first-order valence-corrected chi connectivity index (χ1v) is 22.0. The molecule has 64 heavy (non-hydrogen) atoms. The molecular weight excluding hydrogens is 815 g/mol. The van der Waals surface area contributed by atoms with Gasteiger partial charge in [0.1, 0.15) is 57.9 Å². The van der Waals surface area contributed by atoms with Crippen LogP contribution in [-0.2, 0) is 12.8 Å². The summed E-state index contributed by atoms with van der Waals surface area (Å²) < 4.78 is 30.7. The Balaban J connectivity index is 0.809. The molecule has 18 heteroatoms. The van der Waals surface area contributed by atoms with Crippen LogP contribution in [0.3, 0.4) is 0 Å². The molecule has 0 radical (unpaired) electrons. The third kappa shape index (κ3) is 6.60. The second-order valence-electron chi connectivity index (χ2n) is 18.4. The normalized spacial score (nSPS) is 22.7. The first-order valence-electron chi connectivity index (χ1n) is 22.0. The van der Waals surface area contributed by atoms with Gasteiger partial charge in [-0.3, -0.25) is 5.32 Å². The lowest BCUT2D eigenvalue weighted by Crippen LogP contribution is -2.30. The Morgan fingerprint density at radius 1 is 0.703 bits per heavy atom. The minimum atomic E-state index is -0.344. The van der Waals surface area contributed by atoms with Crippen LogP contribution in [0.2, 0.25) is 0 Å². The maximum Gasteiger partial charge on any atom is 0.144 e. The van der Waals surface area contributed by atoms with Gasteiger partial charge in [0.2, 0.25) is 0 Å². The Morgan fingerprint density at radius 2 is 1.20 bits per heavy atom. The number of rotatable bonds is 11. The fourth-order valence-electron chi connectivity index (χ4n) is 10.5. The van der Waals surface area contributed by atoms with Gasteiger partial charge in [0.15, 0.2) is 0 Å². The number of anilines is 4. The van der Waals surface area contributed by atoms with E-state index in [0.29, 0.717) is 65.5 Å². The van der Waals surface area contributed by atoms with Crippen LogP contribution in [0.4, 0.5) is 31.8 Å². The van der Waals surface area contributed by atoms with Gasteiger partial charge in [-0.1, -0.05) is 0 Å². The predicted octanol–water partition coefficient (Wildman–Crippen LogP) is 5.79. The number of fused-ring (bicyclic) bond motifs is 6. The van der Waals surface area contributed by atoms with E-state index in [-0.39, 0.29) is 34.5 Å². The SMILES string of the molecule is CNc1cc(F)cc2c1[nH]c1nc(Cc3cnc(C)nc3)nc(N3CC[C@@]4(C[C@H]4NCNc4cc(F)cc5c4[nH]c4nc(Cc6cnc(C)nc6)nc(N6CC[C@@]7(C[C@@H]7N)C6)c45)C3)c12. The maximum atomic E-state index is 15.6. The number of hydrogen-bond donors (Lipinski definition) is 6. The fourth-order valence-corrected chi connectivity index (χ4v) is 10.5. The summed E-state index contributed by atoms with van der Waals surface area (Å²) in [6.45, 7) is 7.35. The minimum absolute atomic E-state index is 0.0242. The Bertz CT molecular complexity index is 3150. The second kappa shape index (κ2) is 14.4. The Kier molecular flexibility index (Phi) is 8.79. The van der Waals surface area contributed by atoms with E-state index in [2.05, 4.69) is 55.7 Å². The lowest BCUT2D eigenvalue weighted by atomic mass is 10.1. The molecule has 0 amide bonds.